The average molecular weight is 603 g/mol. The number of hydrogen-bond acceptors (Lipinski definition) is 5. The van der Waals surface area contributed by atoms with Crippen LogP contribution in [0.1, 0.15) is 68.7 Å². The van der Waals surface area contributed by atoms with Crippen LogP contribution in [0.2, 0.25) is 0 Å². The first-order valence-electron chi connectivity index (χ1n) is 15.3. The summed E-state index contributed by atoms with van der Waals surface area (Å²) in [6.45, 7) is 4.53. The standard InChI is InChI=1S/C38H38N2O3S/c1-25-19-26(2)21-30(20-25)40-37(41)36-32-15-6-4-5-7-16-35(32)44-38(36)39-23-27-17-18-33(34(22-27)42-3)43-24-29-13-10-12-28-11-8-9-14-31(28)29/h8-14,17-23H,4-7,15-16,24H2,1-3H3,(H,40,41). The maximum atomic E-state index is 13.8. The normalized spacial score (nSPS) is 13.3. The van der Waals surface area contributed by atoms with E-state index in [0.29, 0.717) is 23.7 Å². The molecule has 1 heterocycles. The molecule has 1 N–H and O–H groups in total. The molecular weight excluding hydrogens is 564 g/mol. The summed E-state index contributed by atoms with van der Waals surface area (Å²) < 4.78 is 11.9. The van der Waals surface area contributed by atoms with Crippen molar-refractivity contribution in [2.24, 2.45) is 4.99 Å². The van der Waals surface area contributed by atoms with E-state index in [1.807, 2.05) is 62.5 Å². The van der Waals surface area contributed by atoms with Crippen molar-refractivity contribution < 1.29 is 14.3 Å². The van der Waals surface area contributed by atoms with E-state index in [1.54, 1.807) is 18.4 Å². The second-order valence-corrected chi connectivity index (χ2v) is 12.6. The minimum absolute atomic E-state index is 0.0880. The molecule has 0 bridgehead atoms. The number of benzene rings is 4. The van der Waals surface area contributed by atoms with E-state index >= 15 is 0 Å². The lowest BCUT2D eigenvalue weighted by Gasteiger charge is -2.13. The van der Waals surface area contributed by atoms with Crippen LogP contribution in [0.25, 0.3) is 10.8 Å². The maximum Gasteiger partial charge on any atom is 0.259 e. The monoisotopic (exact) mass is 602 g/mol. The lowest BCUT2D eigenvalue weighted by Crippen LogP contribution is -2.14. The first kappa shape index (κ1) is 29.6. The maximum absolute atomic E-state index is 13.8. The summed E-state index contributed by atoms with van der Waals surface area (Å²) in [6, 6.07) is 26.5. The first-order chi connectivity index (χ1) is 21.5. The number of amides is 1. The van der Waals surface area contributed by atoms with Gasteiger partial charge in [0.05, 0.1) is 12.7 Å². The van der Waals surface area contributed by atoms with Crippen molar-refractivity contribution in [1.29, 1.82) is 0 Å². The predicted octanol–water partition coefficient (Wildman–Crippen LogP) is 9.77. The molecule has 0 fully saturated rings. The van der Waals surface area contributed by atoms with Crippen molar-refractivity contribution >= 4 is 44.9 Å². The lowest BCUT2D eigenvalue weighted by atomic mass is 9.96. The van der Waals surface area contributed by atoms with Crippen LogP contribution >= 0.6 is 11.3 Å². The zero-order chi connectivity index (χ0) is 30.5. The molecule has 224 valence electrons. The number of methoxy groups -OCH3 is 1. The topological polar surface area (TPSA) is 59.9 Å². The number of ether oxygens (including phenoxy) is 2. The van der Waals surface area contributed by atoms with Crippen molar-refractivity contribution in [3.05, 3.63) is 117 Å². The Morgan fingerprint density at radius 3 is 2.48 bits per heavy atom. The molecule has 0 atom stereocenters. The number of fused-ring (bicyclic) bond motifs is 2. The summed E-state index contributed by atoms with van der Waals surface area (Å²) in [5, 5.41) is 6.30. The van der Waals surface area contributed by atoms with Crippen molar-refractivity contribution in [3.63, 3.8) is 0 Å². The Hall–Kier alpha value is -4.42. The number of thiophene rings is 1. The van der Waals surface area contributed by atoms with E-state index in [9.17, 15) is 4.79 Å². The minimum Gasteiger partial charge on any atom is -0.493 e. The number of aliphatic imine (C=N–C) groups is 1. The number of nitrogens with zero attached hydrogens (tertiary/aromatic N) is 1. The molecule has 0 aliphatic heterocycles. The second-order valence-electron chi connectivity index (χ2n) is 11.5. The zero-order valence-corrected chi connectivity index (χ0v) is 26.4. The molecule has 44 heavy (non-hydrogen) atoms. The average Bonchev–Trinajstić information content (AvgIpc) is 3.34. The molecule has 0 unspecified atom stereocenters. The molecule has 0 spiro atoms. The molecule has 0 radical (unpaired) electrons. The Labute approximate surface area is 263 Å². The second kappa shape index (κ2) is 13.5. The molecular formula is C38H38N2O3S. The quantitative estimate of drug-likeness (QED) is 0.180. The van der Waals surface area contributed by atoms with Gasteiger partial charge in [0.1, 0.15) is 11.6 Å². The fraction of sp³-hybridized carbons (Fsp3) is 0.263. The summed E-state index contributed by atoms with van der Waals surface area (Å²) in [7, 11) is 1.65. The van der Waals surface area contributed by atoms with Crippen LogP contribution in [0.4, 0.5) is 10.7 Å². The summed E-state index contributed by atoms with van der Waals surface area (Å²) in [6.07, 6.45) is 8.39. The summed E-state index contributed by atoms with van der Waals surface area (Å²) in [5.41, 5.74) is 6.94. The number of carbonyl (C=O) groups excluding carboxylic acids is 1. The Balaban J connectivity index is 1.26. The van der Waals surface area contributed by atoms with Crippen LogP contribution < -0.4 is 14.8 Å². The van der Waals surface area contributed by atoms with Crippen LogP contribution in [0.5, 0.6) is 11.5 Å². The van der Waals surface area contributed by atoms with Crippen molar-refractivity contribution in [2.45, 2.75) is 59.0 Å². The van der Waals surface area contributed by atoms with Gasteiger partial charge >= 0.3 is 0 Å². The third-order valence-electron chi connectivity index (χ3n) is 8.14. The molecule has 0 saturated carbocycles. The molecule has 0 saturated heterocycles. The van der Waals surface area contributed by atoms with Crippen LogP contribution in [-0.2, 0) is 19.4 Å². The molecule has 4 aromatic carbocycles. The van der Waals surface area contributed by atoms with E-state index in [-0.39, 0.29) is 5.91 Å². The van der Waals surface area contributed by atoms with Crippen LogP contribution in [-0.4, -0.2) is 19.2 Å². The van der Waals surface area contributed by atoms with Crippen molar-refractivity contribution in [1.82, 2.24) is 0 Å². The number of rotatable bonds is 8. The summed E-state index contributed by atoms with van der Waals surface area (Å²) >= 11 is 1.65. The van der Waals surface area contributed by atoms with Gasteiger partial charge in [0.15, 0.2) is 11.5 Å². The zero-order valence-electron chi connectivity index (χ0n) is 25.6. The lowest BCUT2D eigenvalue weighted by molar-refractivity contribution is 0.102. The van der Waals surface area contributed by atoms with E-state index < -0.39 is 0 Å². The number of anilines is 1. The number of carbonyl (C=O) groups is 1. The van der Waals surface area contributed by atoms with Crippen LogP contribution in [0, 0.1) is 13.8 Å². The highest BCUT2D eigenvalue weighted by Gasteiger charge is 2.24. The van der Waals surface area contributed by atoms with E-state index in [4.69, 9.17) is 14.5 Å². The fourth-order valence-electron chi connectivity index (χ4n) is 6.06. The first-order valence-corrected chi connectivity index (χ1v) is 16.2. The Kier molecular flexibility index (Phi) is 9.08. The van der Waals surface area contributed by atoms with Gasteiger partial charge in [0, 0.05) is 16.8 Å². The smallest absolute Gasteiger partial charge is 0.259 e. The van der Waals surface area contributed by atoms with Gasteiger partial charge in [-0.15, -0.1) is 11.3 Å². The summed E-state index contributed by atoms with van der Waals surface area (Å²) in [4.78, 5) is 20.0. The van der Waals surface area contributed by atoms with Crippen molar-refractivity contribution in [2.75, 3.05) is 12.4 Å². The molecule has 1 aliphatic rings. The fourth-order valence-corrected chi connectivity index (χ4v) is 7.29. The highest BCUT2D eigenvalue weighted by atomic mass is 32.1. The number of aryl methyl sites for hydroxylation is 3. The van der Waals surface area contributed by atoms with Crippen LogP contribution in [0.15, 0.2) is 83.9 Å². The van der Waals surface area contributed by atoms with E-state index in [2.05, 4.69) is 41.7 Å². The van der Waals surface area contributed by atoms with Gasteiger partial charge in [0.25, 0.3) is 5.91 Å². The van der Waals surface area contributed by atoms with Gasteiger partial charge in [-0.2, -0.15) is 0 Å². The number of nitrogens with one attached hydrogen (secondary N) is 1. The molecule has 6 rings (SSSR count). The van der Waals surface area contributed by atoms with Gasteiger partial charge in [-0.1, -0.05) is 61.4 Å². The molecule has 5 nitrogen and oxygen atoms in total. The molecule has 1 aromatic heterocycles. The van der Waals surface area contributed by atoms with E-state index in [0.717, 1.165) is 58.6 Å². The Morgan fingerprint density at radius 2 is 1.66 bits per heavy atom. The van der Waals surface area contributed by atoms with Gasteiger partial charge in [0.2, 0.25) is 0 Å². The third kappa shape index (κ3) is 6.71. The number of hydrogen-bond donors (Lipinski definition) is 1. The largest absolute Gasteiger partial charge is 0.493 e. The Bertz CT molecular complexity index is 1810. The predicted molar refractivity (Wildman–Crippen MR) is 183 cm³/mol. The molecule has 5 aromatic rings. The van der Waals surface area contributed by atoms with Gasteiger partial charge in [-0.3, -0.25) is 4.79 Å². The SMILES string of the molecule is COc1cc(C=Nc2sc3c(c2C(=O)Nc2cc(C)cc(C)c2)CCCCCC3)ccc1OCc1cccc2ccccc12. The highest BCUT2D eigenvalue weighted by Crippen LogP contribution is 2.40. The van der Waals surface area contributed by atoms with Crippen molar-refractivity contribution in [3.8, 4) is 11.5 Å². The third-order valence-corrected chi connectivity index (χ3v) is 9.34. The molecule has 6 heteroatoms. The summed E-state index contributed by atoms with van der Waals surface area (Å²) in [5.74, 6) is 1.22. The van der Waals surface area contributed by atoms with Gasteiger partial charge < -0.3 is 14.8 Å². The molecule has 1 amide bonds. The van der Waals surface area contributed by atoms with Crippen LogP contribution in [0.3, 0.4) is 0 Å². The van der Waals surface area contributed by atoms with E-state index in [1.165, 1.54) is 34.1 Å². The Morgan fingerprint density at radius 1 is 0.886 bits per heavy atom. The molecule has 1 aliphatic carbocycles. The van der Waals surface area contributed by atoms with Gasteiger partial charge in [-0.05, 0) is 108 Å². The minimum atomic E-state index is -0.0880. The highest BCUT2D eigenvalue weighted by molar-refractivity contribution is 7.16. The van der Waals surface area contributed by atoms with Gasteiger partial charge in [-0.25, -0.2) is 4.99 Å².